The van der Waals surface area contributed by atoms with Crippen molar-refractivity contribution >= 4 is 27.5 Å². The van der Waals surface area contributed by atoms with Crippen LogP contribution < -0.4 is 10.5 Å². The Morgan fingerprint density at radius 3 is 2.52 bits per heavy atom. The van der Waals surface area contributed by atoms with Gasteiger partial charge in [-0.05, 0) is 26.0 Å². The lowest BCUT2D eigenvalue weighted by molar-refractivity contribution is 0.0228. The van der Waals surface area contributed by atoms with Crippen LogP contribution in [0.15, 0.2) is 17.0 Å². The van der Waals surface area contributed by atoms with Gasteiger partial charge in [-0.15, -0.1) is 0 Å². The van der Waals surface area contributed by atoms with Crippen molar-refractivity contribution in [2.24, 2.45) is 5.14 Å². The van der Waals surface area contributed by atoms with Crippen molar-refractivity contribution in [3.63, 3.8) is 0 Å². The Hall–Kier alpha value is -1.22. The molecule has 0 aliphatic carbocycles. The summed E-state index contributed by atoms with van der Waals surface area (Å²) in [6, 6.07) is 1.54. The number of nitrogens with two attached hydrogens (primary N) is 1. The fraction of sp³-hybridized carbons (Fsp3) is 0.417. The molecular weight excluding hydrogens is 323 g/mol. The molecule has 0 bridgehead atoms. The molecular formula is C12H16ClFN2O4S. The molecule has 0 unspecified atom stereocenters. The SMILES string of the molecule is COC(C)(C)CNC(=O)c1cc(S(N)(=O)=O)c(Cl)cc1F. The second-order valence-electron chi connectivity index (χ2n) is 4.95. The van der Waals surface area contributed by atoms with E-state index in [9.17, 15) is 17.6 Å². The molecule has 118 valence electrons. The van der Waals surface area contributed by atoms with Gasteiger partial charge in [-0.3, -0.25) is 4.79 Å². The third-order valence-corrected chi connectivity index (χ3v) is 4.18. The van der Waals surface area contributed by atoms with E-state index in [1.54, 1.807) is 13.8 Å². The molecule has 0 atom stereocenters. The number of benzene rings is 1. The molecule has 0 saturated heterocycles. The number of primary sulfonamides is 1. The number of hydrogen-bond acceptors (Lipinski definition) is 4. The summed E-state index contributed by atoms with van der Waals surface area (Å²) >= 11 is 5.61. The maximum absolute atomic E-state index is 13.8. The van der Waals surface area contributed by atoms with Crippen molar-refractivity contribution in [3.8, 4) is 0 Å². The molecule has 1 rings (SSSR count). The highest BCUT2D eigenvalue weighted by molar-refractivity contribution is 7.89. The Kier molecular flexibility index (Phi) is 5.32. The zero-order chi connectivity index (χ0) is 16.4. The van der Waals surface area contributed by atoms with Crippen LogP contribution >= 0.6 is 11.6 Å². The maximum atomic E-state index is 13.8. The monoisotopic (exact) mass is 338 g/mol. The summed E-state index contributed by atoms with van der Waals surface area (Å²) in [5, 5.41) is 7.02. The van der Waals surface area contributed by atoms with E-state index in [-0.39, 0.29) is 11.6 Å². The largest absolute Gasteiger partial charge is 0.377 e. The topological polar surface area (TPSA) is 98.5 Å². The Labute approximate surface area is 127 Å². The number of ether oxygens (including phenoxy) is 1. The smallest absolute Gasteiger partial charge is 0.254 e. The molecule has 3 N–H and O–H groups in total. The molecule has 9 heteroatoms. The fourth-order valence-corrected chi connectivity index (χ4v) is 2.47. The van der Waals surface area contributed by atoms with Gasteiger partial charge in [0.25, 0.3) is 5.91 Å². The van der Waals surface area contributed by atoms with Gasteiger partial charge in [0.15, 0.2) is 0 Å². The van der Waals surface area contributed by atoms with E-state index in [0.717, 1.165) is 12.1 Å². The first-order chi connectivity index (χ1) is 9.48. The molecule has 0 fully saturated rings. The number of carbonyl (C=O) groups is 1. The molecule has 0 aliphatic rings. The molecule has 0 spiro atoms. The van der Waals surface area contributed by atoms with Gasteiger partial charge in [0, 0.05) is 13.7 Å². The van der Waals surface area contributed by atoms with E-state index in [2.05, 4.69) is 5.32 Å². The van der Waals surface area contributed by atoms with Crippen molar-refractivity contribution in [2.75, 3.05) is 13.7 Å². The van der Waals surface area contributed by atoms with Crippen LogP contribution in [0.5, 0.6) is 0 Å². The summed E-state index contributed by atoms with van der Waals surface area (Å²) in [5.41, 5.74) is -1.11. The number of hydrogen-bond donors (Lipinski definition) is 2. The molecule has 0 aliphatic heterocycles. The lowest BCUT2D eigenvalue weighted by atomic mass is 10.1. The van der Waals surface area contributed by atoms with E-state index < -0.39 is 37.8 Å². The molecule has 6 nitrogen and oxygen atoms in total. The van der Waals surface area contributed by atoms with Gasteiger partial charge >= 0.3 is 0 Å². The Morgan fingerprint density at radius 1 is 1.48 bits per heavy atom. The predicted molar refractivity (Wildman–Crippen MR) is 76.2 cm³/mol. The minimum Gasteiger partial charge on any atom is -0.377 e. The highest BCUT2D eigenvalue weighted by Gasteiger charge is 2.23. The Morgan fingerprint density at radius 2 is 2.05 bits per heavy atom. The van der Waals surface area contributed by atoms with Crippen LogP contribution in [0.4, 0.5) is 4.39 Å². The van der Waals surface area contributed by atoms with Crippen LogP contribution in [0.25, 0.3) is 0 Å². The number of amides is 1. The van der Waals surface area contributed by atoms with Gasteiger partial charge in [-0.1, -0.05) is 11.6 Å². The second-order valence-corrected chi connectivity index (χ2v) is 6.89. The van der Waals surface area contributed by atoms with Crippen molar-refractivity contribution in [2.45, 2.75) is 24.3 Å². The lowest BCUT2D eigenvalue weighted by Crippen LogP contribution is -2.40. The van der Waals surface area contributed by atoms with E-state index in [1.165, 1.54) is 7.11 Å². The summed E-state index contributed by atoms with van der Waals surface area (Å²) < 4.78 is 41.5. The maximum Gasteiger partial charge on any atom is 0.254 e. The average Bonchev–Trinajstić information content (AvgIpc) is 2.34. The van der Waals surface area contributed by atoms with Crippen molar-refractivity contribution in [3.05, 3.63) is 28.5 Å². The molecule has 0 heterocycles. The predicted octanol–water partition coefficient (Wildman–Crippen LogP) is 1.28. The van der Waals surface area contributed by atoms with Gasteiger partial charge in [0.1, 0.15) is 10.7 Å². The van der Waals surface area contributed by atoms with Crippen molar-refractivity contribution < 1.29 is 22.3 Å². The van der Waals surface area contributed by atoms with Gasteiger partial charge in [0.05, 0.1) is 16.2 Å². The van der Waals surface area contributed by atoms with Crippen molar-refractivity contribution in [1.29, 1.82) is 0 Å². The Bertz CT molecular complexity index is 661. The first kappa shape index (κ1) is 17.8. The zero-order valence-corrected chi connectivity index (χ0v) is 13.3. The number of carbonyl (C=O) groups excluding carboxylic acids is 1. The number of halogens is 2. The van der Waals surface area contributed by atoms with E-state index in [0.29, 0.717) is 0 Å². The van der Waals surface area contributed by atoms with Gasteiger partial charge in [0.2, 0.25) is 10.0 Å². The van der Waals surface area contributed by atoms with Crippen LogP contribution in [-0.2, 0) is 14.8 Å². The highest BCUT2D eigenvalue weighted by atomic mass is 35.5. The number of rotatable bonds is 5. The second kappa shape index (κ2) is 6.27. The molecule has 1 aromatic carbocycles. The zero-order valence-electron chi connectivity index (χ0n) is 11.7. The van der Waals surface area contributed by atoms with Crippen LogP contribution in [-0.4, -0.2) is 33.6 Å². The van der Waals surface area contributed by atoms with Crippen LogP contribution in [0, 0.1) is 5.82 Å². The highest BCUT2D eigenvalue weighted by Crippen LogP contribution is 2.24. The van der Waals surface area contributed by atoms with Gasteiger partial charge in [-0.2, -0.15) is 0 Å². The minimum atomic E-state index is -4.16. The number of methoxy groups -OCH3 is 1. The summed E-state index contributed by atoms with van der Waals surface area (Å²) in [4.78, 5) is 11.4. The average molecular weight is 339 g/mol. The van der Waals surface area contributed by atoms with Crippen LogP contribution in [0.1, 0.15) is 24.2 Å². The minimum absolute atomic E-state index is 0.106. The molecule has 0 aromatic heterocycles. The first-order valence-corrected chi connectivity index (χ1v) is 7.75. The van der Waals surface area contributed by atoms with E-state index in [4.69, 9.17) is 21.5 Å². The summed E-state index contributed by atoms with van der Waals surface area (Å²) in [5.74, 6) is -1.74. The number of sulfonamides is 1. The third kappa shape index (κ3) is 4.63. The molecule has 21 heavy (non-hydrogen) atoms. The normalized spacial score (nSPS) is 12.3. The van der Waals surface area contributed by atoms with Gasteiger partial charge in [-0.25, -0.2) is 17.9 Å². The molecule has 0 radical (unpaired) electrons. The van der Waals surface area contributed by atoms with Crippen LogP contribution in [0.2, 0.25) is 5.02 Å². The lowest BCUT2D eigenvalue weighted by Gasteiger charge is -2.23. The molecule has 1 amide bonds. The summed E-state index contributed by atoms with van der Waals surface area (Å²) in [7, 11) is -2.69. The van der Waals surface area contributed by atoms with E-state index >= 15 is 0 Å². The van der Waals surface area contributed by atoms with Gasteiger partial charge < -0.3 is 10.1 Å². The number of nitrogens with one attached hydrogen (secondary N) is 1. The molecule has 1 aromatic rings. The molecule has 0 saturated carbocycles. The Balaban J connectivity index is 3.11. The third-order valence-electron chi connectivity index (χ3n) is 2.80. The first-order valence-electron chi connectivity index (χ1n) is 5.83. The summed E-state index contributed by atoms with van der Waals surface area (Å²) in [6.45, 7) is 3.55. The fourth-order valence-electron chi connectivity index (χ4n) is 1.38. The van der Waals surface area contributed by atoms with E-state index in [1.807, 2.05) is 0 Å². The van der Waals surface area contributed by atoms with Crippen molar-refractivity contribution in [1.82, 2.24) is 5.32 Å². The summed E-state index contributed by atoms with van der Waals surface area (Å²) in [6.07, 6.45) is 0. The standard InChI is InChI=1S/C12H16ClFN2O4S/c1-12(2,20-3)6-16-11(17)7-4-10(21(15,18)19)8(13)5-9(7)14/h4-5H,6H2,1-3H3,(H,16,17)(H2,15,18,19). The van der Waals surface area contributed by atoms with Crippen LogP contribution in [0.3, 0.4) is 0 Å². The quantitative estimate of drug-likeness (QED) is 0.844.